The molecule has 118 valence electrons. The van der Waals surface area contributed by atoms with E-state index in [0.29, 0.717) is 23.8 Å². The highest BCUT2D eigenvalue weighted by atomic mass is 32.2. The van der Waals surface area contributed by atoms with E-state index >= 15 is 0 Å². The zero-order valence-corrected chi connectivity index (χ0v) is 13.6. The van der Waals surface area contributed by atoms with Crippen molar-refractivity contribution in [1.29, 1.82) is 0 Å². The number of nitrogens with one attached hydrogen (secondary N) is 1. The second kappa shape index (κ2) is 7.20. The number of likely N-dealkylation sites (N-methyl/N-ethyl adjacent to an activating group) is 1. The Morgan fingerprint density at radius 2 is 2.10 bits per heavy atom. The summed E-state index contributed by atoms with van der Waals surface area (Å²) in [4.78, 5) is 6.65. The van der Waals surface area contributed by atoms with Gasteiger partial charge in [0.25, 0.3) is 0 Å². The van der Waals surface area contributed by atoms with Crippen LogP contribution in [0.2, 0.25) is 0 Å². The van der Waals surface area contributed by atoms with Gasteiger partial charge in [0.2, 0.25) is 10.0 Å². The molecule has 1 aliphatic heterocycles. The predicted octanol–water partition coefficient (Wildman–Crippen LogP) is 1.23. The molecule has 0 bridgehead atoms. The van der Waals surface area contributed by atoms with Crippen molar-refractivity contribution in [3.8, 4) is 0 Å². The topological polar surface area (TPSA) is 65.5 Å². The number of hydrogen-bond acceptors (Lipinski definition) is 5. The molecule has 2 heterocycles. The Balaban J connectivity index is 2.18. The van der Waals surface area contributed by atoms with Crippen LogP contribution in [0.25, 0.3) is 0 Å². The molecule has 0 radical (unpaired) electrons. The first-order valence-electron chi connectivity index (χ1n) is 7.42. The summed E-state index contributed by atoms with van der Waals surface area (Å²) in [7, 11) is -1.41. The summed E-state index contributed by atoms with van der Waals surface area (Å²) in [6.45, 7) is 5.66. The molecule has 0 aromatic carbocycles. The maximum atomic E-state index is 12.7. The van der Waals surface area contributed by atoms with Gasteiger partial charge in [0.05, 0.1) is 4.90 Å². The molecule has 1 N–H and O–H groups in total. The molecular weight excluding hydrogens is 288 g/mol. The van der Waals surface area contributed by atoms with Crippen molar-refractivity contribution in [3.63, 3.8) is 0 Å². The van der Waals surface area contributed by atoms with Crippen molar-refractivity contribution in [2.75, 3.05) is 45.1 Å². The molecule has 21 heavy (non-hydrogen) atoms. The molecule has 1 aliphatic rings. The van der Waals surface area contributed by atoms with Crippen molar-refractivity contribution in [2.45, 2.75) is 24.7 Å². The average molecular weight is 312 g/mol. The Morgan fingerprint density at radius 1 is 1.29 bits per heavy atom. The summed E-state index contributed by atoms with van der Waals surface area (Å²) in [5, 5.41) is 3.13. The lowest BCUT2D eigenvalue weighted by Crippen LogP contribution is -2.34. The van der Waals surface area contributed by atoms with Crippen molar-refractivity contribution >= 4 is 15.8 Å². The number of anilines is 1. The molecule has 2 rings (SSSR count). The second-order valence-electron chi connectivity index (χ2n) is 5.36. The minimum Gasteiger partial charge on any atom is -0.370 e. The van der Waals surface area contributed by atoms with Crippen LogP contribution in [0.4, 0.5) is 5.82 Å². The number of rotatable bonds is 5. The first kappa shape index (κ1) is 16.2. The molecule has 0 spiro atoms. The van der Waals surface area contributed by atoms with E-state index in [1.807, 2.05) is 7.05 Å². The third-order valence-corrected chi connectivity index (χ3v) is 5.50. The Hall–Kier alpha value is -1.18. The minimum atomic E-state index is -3.43. The summed E-state index contributed by atoms with van der Waals surface area (Å²) in [5.41, 5.74) is 0. The lowest BCUT2D eigenvalue weighted by Gasteiger charge is -2.20. The molecule has 7 heteroatoms. The van der Waals surface area contributed by atoms with Gasteiger partial charge < -0.3 is 10.2 Å². The number of hydrogen-bond donors (Lipinski definition) is 1. The van der Waals surface area contributed by atoms with Crippen molar-refractivity contribution in [1.82, 2.24) is 14.2 Å². The average Bonchev–Trinajstić information content (AvgIpc) is 2.70. The maximum absolute atomic E-state index is 12.7. The van der Waals surface area contributed by atoms with Gasteiger partial charge in [0.1, 0.15) is 5.82 Å². The Bertz CT molecular complexity index is 562. The van der Waals surface area contributed by atoms with Crippen LogP contribution in [0, 0.1) is 0 Å². The molecule has 1 saturated heterocycles. The van der Waals surface area contributed by atoms with Gasteiger partial charge in [-0.25, -0.2) is 13.4 Å². The number of pyridine rings is 1. The molecule has 0 amide bonds. The van der Waals surface area contributed by atoms with Crippen LogP contribution in [0.5, 0.6) is 0 Å². The number of aromatic nitrogens is 1. The molecule has 0 atom stereocenters. The molecule has 0 aliphatic carbocycles. The van der Waals surface area contributed by atoms with Crippen LogP contribution < -0.4 is 5.32 Å². The predicted molar refractivity (Wildman–Crippen MR) is 83.9 cm³/mol. The highest BCUT2D eigenvalue weighted by molar-refractivity contribution is 7.89. The molecule has 6 nitrogen and oxygen atoms in total. The maximum Gasteiger partial charge on any atom is 0.243 e. The van der Waals surface area contributed by atoms with E-state index in [4.69, 9.17) is 0 Å². The summed E-state index contributed by atoms with van der Waals surface area (Å²) >= 11 is 0. The Morgan fingerprint density at radius 3 is 2.86 bits per heavy atom. The smallest absolute Gasteiger partial charge is 0.243 e. The van der Waals surface area contributed by atoms with Gasteiger partial charge in [0.15, 0.2) is 0 Å². The fraction of sp³-hybridized carbons (Fsp3) is 0.643. The van der Waals surface area contributed by atoms with Crippen molar-refractivity contribution < 1.29 is 8.42 Å². The molecule has 1 aromatic heterocycles. The lowest BCUT2D eigenvalue weighted by atomic mass is 10.4. The molecule has 0 saturated carbocycles. The van der Waals surface area contributed by atoms with Crippen LogP contribution in [0.1, 0.15) is 19.8 Å². The van der Waals surface area contributed by atoms with Crippen LogP contribution in [0.3, 0.4) is 0 Å². The van der Waals surface area contributed by atoms with Crippen molar-refractivity contribution in [3.05, 3.63) is 18.3 Å². The van der Waals surface area contributed by atoms with Gasteiger partial charge in [-0.3, -0.25) is 0 Å². The molecular formula is C14H24N4O2S. The second-order valence-corrected chi connectivity index (χ2v) is 7.30. The van der Waals surface area contributed by atoms with E-state index in [1.165, 1.54) is 0 Å². The number of nitrogens with zero attached hydrogens (tertiary/aromatic N) is 3. The number of sulfonamides is 1. The third kappa shape index (κ3) is 4.15. The SMILES string of the molecule is CCCNc1cc(S(=O)(=O)N2CCCN(C)CC2)ccn1. The van der Waals surface area contributed by atoms with Gasteiger partial charge in [-0.1, -0.05) is 6.92 Å². The van der Waals surface area contributed by atoms with E-state index < -0.39 is 10.0 Å². The monoisotopic (exact) mass is 312 g/mol. The highest BCUT2D eigenvalue weighted by Gasteiger charge is 2.26. The standard InChI is InChI=1S/C14H24N4O2S/c1-3-6-15-14-12-13(5-7-16-14)21(19,20)18-9-4-8-17(2)10-11-18/h5,7,12H,3-4,6,8-11H2,1-2H3,(H,15,16). The van der Waals surface area contributed by atoms with Gasteiger partial charge in [0, 0.05) is 38.4 Å². The Labute approximate surface area is 127 Å². The zero-order chi connectivity index (χ0) is 15.3. The van der Waals surface area contributed by atoms with Gasteiger partial charge in [-0.2, -0.15) is 4.31 Å². The summed E-state index contributed by atoms with van der Waals surface area (Å²) < 4.78 is 27.0. The minimum absolute atomic E-state index is 0.320. The molecule has 1 aromatic rings. The van der Waals surface area contributed by atoms with E-state index in [-0.39, 0.29) is 0 Å². The lowest BCUT2D eigenvalue weighted by molar-refractivity contribution is 0.347. The Kier molecular flexibility index (Phi) is 5.55. The van der Waals surface area contributed by atoms with Gasteiger partial charge >= 0.3 is 0 Å². The third-order valence-electron chi connectivity index (χ3n) is 3.60. The first-order valence-corrected chi connectivity index (χ1v) is 8.86. The highest BCUT2D eigenvalue weighted by Crippen LogP contribution is 2.19. The summed E-state index contributed by atoms with van der Waals surface area (Å²) in [5.74, 6) is 0.616. The van der Waals surface area contributed by atoms with Crippen LogP contribution in [-0.2, 0) is 10.0 Å². The van der Waals surface area contributed by atoms with E-state index in [1.54, 1.807) is 22.6 Å². The van der Waals surface area contributed by atoms with E-state index in [9.17, 15) is 8.42 Å². The van der Waals surface area contributed by atoms with Gasteiger partial charge in [-0.05, 0) is 32.5 Å². The van der Waals surface area contributed by atoms with Crippen LogP contribution in [-0.4, -0.2) is 62.4 Å². The zero-order valence-electron chi connectivity index (χ0n) is 12.7. The van der Waals surface area contributed by atoms with E-state index in [0.717, 1.165) is 32.5 Å². The quantitative estimate of drug-likeness (QED) is 0.886. The summed E-state index contributed by atoms with van der Waals surface area (Å²) in [6, 6.07) is 3.20. The summed E-state index contributed by atoms with van der Waals surface area (Å²) in [6.07, 6.45) is 3.38. The van der Waals surface area contributed by atoms with E-state index in [2.05, 4.69) is 22.1 Å². The largest absolute Gasteiger partial charge is 0.370 e. The van der Waals surface area contributed by atoms with Crippen molar-refractivity contribution in [2.24, 2.45) is 0 Å². The van der Waals surface area contributed by atoms with Crippen LogP contribution >= 0.6 is 0 Å². The normalized spacial score (nSPS) is 18.4. The first-order chi connectivity index (χ1) is 10.0. The van der Waals surface area contributed by atoms with Gasteiger partial charge in [-0.15, -0.1) is 0 Å². The molecule has 1 fully saturated rings. The fourth-order valence-corrected chi connectivity index (χ4v) is 3.82. The fourth-order valence-electron chi connectivity index (χ4n) is 2.33. The van der Waals surface area contributed by atoms with Crippen LogP contribution in [0.15, 0.2) is 23.2 Å². The molecule has 0 unspecified atom stereocenters.